The van der Waals surface area contributed by atoms with Crippen molar-refractivity contribution in [3.05, 3.63) is 35.9 Å². The van der Waals surface area contributed by atoms with Crippen LogP contribution < -0.4 is 5.32 Å². The maximum atomic E-state index is 12.6. The number of nitrogens with zero attached hydrogens (tertiary/aromatic N) is 2. The molecule has 3 rings (SSSR count). The van der Waals surface area contributed by atoms with Crippen LogP contribution >= 0.6 is 0 Å². The van der Waals surface area contributed by atoms with Gasteiger partial charge in [-0.25, -0.2) is 0 Å². The zero-order valence-corrected chi connectivity index (χ0v) is 13.5. The van der Waals surface area contributed by atoms with E-state index in [4.69, 9.17) is 0 Å². The lowest BCUT2D eigenvalue weighted by Gasteiger charge is -2.36. The highest BCUT2D eigenvalue weighted by Gasteiger charge is 2.27. The maximum absolute atomic E-state index is 12.6. The molecule has 0 spiro atoms. The molecule has 2 amide bonds. The van der Waals surface area contributed by atoms with Crippen LogP contribution in [0.4, 0.5) is 0 Å². The van der Waals surface area contributed by atoms with Gasteiger partial charge >= 0.3 is 0 Å². The summed E-state index contributed by atoms with van der Waals surface area (Å²) in [5, 5.41) is 3.38. The second-order valence-electron chi connectivity index (χ2n) is 6.31. The average molecular weight is 315 g/mol. The Labute approximate surface area is 137 Å². The number of amides is 2. The van der Waals surface area contributed by atoms with E-state index >= 15 is 0 Å². The normalized spacial score (nSPS) is 21.7. The molecule has 2 fully saturated rings. The summed E-state index contributed by atoms with van der Waals surface area (Å²) >= 11 is 0. The number of hydrogen-bond donors (Lipinski definition) is 1. The van der Waals surface area contributed by atoms with E-state index < -0.39 is 0 Å². The molecule has 1 atom stereocenters. The first-order chi connectivity index (χ1) is 11.3. The lowest BCUT2D eigenvalue weighted by atomic mass is 10.0. The number of piperazine rings is 1. The van der Waals surface area contributed by atoms with Gasteiger partial charge in [0.2, 0.25) is 11.8 Å². The molecule has 124 valence electrons. The summed E-state index contributed by atoms with van der Waals surface area (Å²) in [6.45, 7) is 3.97. The van der Waals surface area contributed by atoms with Crippen LogP contribution in [0.3, 0.4) is 0 Å². The Balaban J connectivity index is 1.55. The van der Waals surface area contributed by atoms with E-state index in [0.717, 1.165) is 39.0 Å². The molecule has 0 radical (unpaired) electrons. The largest absolute Gasteiger partial charge is 0.343 e. The minimum absolute atomic E-state index is 0.117. The molecule has 1 N–H and O–H groups in total. The van der Waals surface area contributed by atoms with Crippen LogP contribution in [-0.2, 0) is 9.59 Å². The zero-order chi connectivity index (χ0) is 16.1. The van der Waals surface area contributed by atoms with E-state index in [1.807, 2.05) is 28.0 Å². The molecule has 0 aromatic heterocycles. The van der Waals surface area contributed by atoms with Crippen molar-refractivity contribution in [2.75, 3.05) is 32.7 Å². The number of carbonyl (C=O) groups excluding carboxylic acids is 2. The Hall–Kier alpha value is -1.88. The van der Waals surface area contributed by atoms with Crippen molar-refractivity contribution in [1.82, 2.24) is 15.1 Å². The quantitative estimate of drug-likeness (QED) is 0.897. The van der Waals surface area contributed by atoms with Gasteiger partial charge in [0.1, 0.15) is 0 Å². The van der Waals surface area contributed by atoms with Gasteiger partial charge in [0.25, 0.3) is 0 Å². The van der Waals surface area contributed by atoms with Gasteiger partial charge in [-0.1, -0.05) is 30.3 Å². The van der Waals surface area contributed by atoms with Crippen molar-refractivity contribution in [1.29, 1.82) is 0 Å². The molecule has 1 aromatic carbocycles. The predicted octanol–water partition coefficient (Wildman–Crippen LogP) is 1.56. The summed E-state index contributed by atoms with van der Waals surface area (Å²) in [6.07, 6.45) is 2.91. The Bertz CT molecular complexity index is 546. The van der Waals surface area contributed by atoms with Gasteiger partial charge in [0.05, 0.1) is 6.04 Å². The second kappa shape index (κ2) is 7.59. The molecular weight excluding hydrogens is 290 g/mol. The second-order valence-corrected chi connectivity index (χ2v) is 6.31. The fraction of sp³-hybridized carbons (Fsp3) is 0.556. The molecule has 0 aliphatic carbocycles. The van der Waals surface area contributed by atoms with E-state index in [1.165, 1.54) is 5.56 Å². The van der Waals surface area contributed by atoms with E-state index in [-0.39, 0.29) is 17.9 Å². The molecular formula is C18H25N3O2. The fourth-order valence-corrected chi connectivity index (χ4v) is 3.48. The lowest BCUT2D eigenvalue weighted by molar-refractivity contribution is -0.135. The molecule has 2 saturated heterocycles. The van der Waals surface area contributed by atoms with E-state index in [2.05, 4.69) is 17.4 Å². The molecule has 23 heavy (non-hydrogen) atoms. The highest BCUT2D eigenvalue weighted by molar-refractivity contribution is 5.78. The van der Waals surface area contributed by atoms with Crippen molar-refractivity contribution in [3.63, 3.8) is 0 Å². The zero-order valence-electron chi connectivity index (χ0n) is 13.5. The molecule has 1 unspecified atom stereocenters. The van der Waals surface area contributed by atoms with E-state index in [9.17, 15) is 9.59 Å². The van der Waals surface area contributed by atoms with Crippen LogP contribution in [0.5, 0.6) is 0 Å². The van der Waals surface area contributed by atoms with Crippen LogP contribution in [0.25, 0.3) is 0 Å². The van der Waals surface area contributed by atoms with Gasteiger partial charge in [-0.3, -0.25) is 9.59 Å². The van der Waals surface area contributed by atoms with Crippen LogP contribution in [0.15, 0.2) is 30.3 Å². The van der Waals surface area contributed by atoms with Gasteiger partial charge in [-0.2, -0.15) is 0 Å². The predicted molar refractivity (Wildman–Crippen MR) is 88.8 cm³/mol. The molecule has 0 bridgehead atoms. The molecule has 2 aliphatic rings. The molecule has 1 aromatic rings. The first kappa shape index (κ1) is 16.0. The summed E-state index contributed by atoms with van der Waals surface area (Å²) in [5.74, 6) is 0.439. The Kier molecular flexibility index (Phi) is 5.28. The minimum Gasteiger partial charge on any atom is -0.343 e. The van der Waals surface area contributed by atoms with Crippen LogP contribution in [0.1, 0.15) is 37.3 Å². The van der Waals surface area contributed by atoms with Crippen molar-refractivity contribution < 1.29 is 9.59 Å². The van der Waals surface area contributed by atoms with E-state index in [0.29, 0.717) is 19.4 Å². The monoisotopic (exact) mass is 315 g/mol. The Morgan fingerprint density at radius 3 is 2.78 bits per heavy atom. The first-order valence-corrected chi connectivity index (χ1v) is 8.58. The highest BCUT2D eigenvalue weighted by Crippen LogP contribution is 2.23. The van der Waals surface area contributed by atoms with Gasteiger partial charge in [0.15, 0.2) is 0 Å². The van der Waals surface area contributed by atoms with Crippen LogP contribution in [0.2, 0.25) is 0 Å². The SMILES string of the molecule is O=C1CCCN1CCCC(=O)N1CCNCC1c1ccccc1. The van der Waals surface area contributed by atoms with E-state index in [1.54, 1.807) is 0 Å². The number of benzene rings is 1. The topological polar surface area (TPSA) is 52.7 Å². The highest BCUT2D eigenvalue weighted by atomic mass is 16.2. The first-order valence-electron chi connectivity index (χ1n) is 8.58. The smallest absolute Gasteiger partial charge is 0.223 e. The third-order valence-electron chi connectivity index (χ3n) is 4.74. The average Bonchev–Trinajstić information content (AvgIpc) is 3.01. The van der Waals surface area contributed by atoms with Gasteiger partial charge in [0, 0.05) is 45.6 Å². The number of hydrogen-bond acceptors (Lipinski definition) is 3. The Morgan fingerprint density at radius 2 is 2.04 bits per heavy atom. The van der Waals surface area contributed by atoms with Crippen molar-refractivity contribution >= 4 is 11.8 Å². The minimum atomic E-state index is 0.117. The molecule has 5 heteroatoms. The standard InChI is InChI=1S/C18H25N3O2/c22-17-8-4-11-20(17)12-5-9-18(23)21-13-10-19-14-16(21)15-6-2-1-3-7-15/h1-3,6-7,16,19H,4-5,8-14H2. The third kappa shape index (κ3) is 3.91. The molecule has 2 heterocycles. The van der Waals surface area contributed by atoms with Gasteiger partial charge in [-0.15, -0.1) is 0 Å². The summed E-state index contributed by atoms with van der Waals surface area (Å²) in [4.78, 5) is 28.1. The van der Waals surface area contributed by atoms with Crippen LogP contribution in [0, 0.1) is 0 Å². The summed E-state index contributed by atoms with van der Waals surface area (Å²) in [7, 11) is 0. The third-order valence-corrected chi connectivity index (χ3v) is 4.74. The lowest BCUT2D eigenvalue weighted by Crippen LogP contribution is -2.48. The van der Waals surface area contributed by atoms with Crippen LogP contribution in [-0.4, -0.2) is 54.3 Å². The fourth-order valence-electron chi connectivity index (χ4n) is 3.48. The van der Waals surface area contributed by atoms with Crippen molar-refractivity contribution in [3.8, 4) is 0 Å². The van der Waals surface area contributed by atoms with Crippen molar-refractivity contribution in [2.24, 2.45) is 0 Å². The summed E-state index contributed by atoms with van der Waals surface area (Å²) < 4.78 is 0. The molecule has 0 saturated carbocycles. The number of nitrogens with one attached hydrogen (secondary N) is 1. The molecule has 2 aliphatic heterocycles. The number of rotatable bonds is 5. The number of likely N-dealkylation sites (tertiary alicyclic amines) is 1. The summed E-state index contributed by atoms with van der Waals surface area (Å²) in [5.41, 5.74) is 1.18. The Morgan fingerprint density at radius 1 is 1.22 bits per heavy atom. The van der Waals surface area contributed by atoms with Gasteiger partial charge in [-0.05, 0) is 18.4 Å². The van der Waals surface area contributed by atoms with Crippen molar-refractivity contribution in [2.45, 2.75) is 31.7 Å². The maximum Gasteiger partial charge on any atom is 0.223 e. The summed E-state index contributed by atoms with van der Waals surface area (Å²) in [6, 6.07) is 10.3. The molecule has 5 nitrogen and oxygen atoms in total. The number of carbonyl (C=O) groups is 2. The van der Waals surface area contributed by atoms with Gasteiger partial charge < -0.3 is 15.1 Å².